The number of rotatable bonds is 7. The van der Waals surface area contributed by atoms with Gasteiger partial charge in [0, 0.05) is 17.1 Å². The summed E-state index contributed by atoms with van der Waals surface area (Å²) in [6.45, 7) is 0. The molecular formula is C39H29BBrCl2F3N4O8. The van der Waals surface area contributed by atoms with Crippen molar-refractivity contribution < 1.29 is 52.2 Å². The van der Waals surface area contributed by atoms with E-state index in [1.165, 1.54) is 37.4 Å². The lowest BCUT2D eigenvalue weighted by atomic mass is 9.49. The van der Waals surface area contributed by atoms with E-state index in [4.69, 9.17) is 27.9 Å². The Balaban J connectivity index is 1.32. The molecule has 1 saturated carbocycles. The van der Waals surface area contributed by atoms with Crippen molar-refractivity contribution in [2.45, 2.75) is 30.4 Å². The molecule has 4 N–H and O–H groups in total. The van der Waals surface area contributed by atoms with Crippen LogP contribution in [0.1, 0.15) is 35.4 Å². The maximum Gasteiger partial charge on any atom is 0.488 e. The van der Waals surface area contributed by atoms with E-state index in [1.54, 1.807) is 36.4 Å². The minimum Gasteiger partial charge on any atom is -0.503 e. The number of nitrogens with one attached hydrogen (secondary N) is 1. The van der Waals surface area contributed by atoms with Crippen molar-refractivity contribution in [3.05, 3.63) is 116 Å². The summed E-state index contributed by atoms with van der Waals surface area (Å²) in [5, 5.41) is 31.0. The number of methoxy groups -OCH3 is 1. The van der Waals surface area contributed by atoms with Crippen LogP contribution in [-0.4, -0.2) is 63.0 Å². The van der Waals surface area contributed by atoms with E-state index < -0.39 is 88.3 Å². The van der Waals surface area contributed by atoms with Gasteiger partial charge in [0.2, 0.25) is 11.8 Å². The lowest BCUT2D eigenvalue weighted by molar-refractivity contribution is -0.139. The molecule has 8 rings (SSSR count). The summed E-state index contributed by atoms with van der Waals surface area (Å²) in [5.41, 5.74) is 1.02. The second-order valence-corrected chi connectivity index (χ2v) is 16.2. The number of phenolic OH excluding ortho intramolecular Hbond substituents is 1. The summed E-state index contributed by atoms with van der Waals surface area (Å²) >= 11 is 16.0. The van der Waals surface area contributed by atoms with E-state index in [-0.39, 0.29) is 40.0 Å². The molecule has 4 aliphatic rings. The molecule has 0 spiro atoms. The predicted octanol–water partition coefficient (Wildman–Crippen LogP) is 5.75. The molecule has 0 radical (unpaired) electrons. The molecule has 2 aliphatic heterocycles. The number of anilines is 2. The highest BCUT2D eigenvalue weighted by Gasteiger charge is 2.70. The molecule has 3 fully saturated rings. The minimum absolute atomic E-state index is 0.0142. The number of allylic oxidation sites excluding steroid dienone is 2. The fourth-order valence-corrected chi connectivity index (χ4v) is 9.95. The number of amides is 4. The molecule has 2 aliphatic carbocycles. The fourth-order valence-electron chi connectivity index (χ4n) is 9.15. The molecule has 298 valence electrons. The SMILES string of the molecule is COc1cc([C@H]2C3=CC[C@@H]4C(=O)N(c5cccc(B(O)O)c5)C(=O)[C@@H]4[C@@H]3C[C@H]3C(=O)N(Nc4ncc(C(F)(F)F)cc4Cl)C(=O)[C@@]23c2ccc(Cl)cc2)cc(Br)c1O. The van der Waals surface area contributed by atoms with Crippen LogP contribution in [-0.2, 0) is 30.8 Å². The standard InChI is InChI=1S/C39H29BBrCl2F3N4O8/c1-58-29-12-17(11-27(41)32(29)51)31-23-9-10-24-30(36(54)49(34(24)52)22-4-2-3-20(14-22)40(56)57)25(23)15-26-35(53)50(37(55)38(26,31)18-5-7-21(42)8-6-18)48-33-28(43)13-19(16-47-33)39(44,45)46/h2-9,11-14,16,24-26,30-31,51,56-57H,10,15H2,1H3,(H,47,48)/t24-,25+,26-,30-,31-,38+/m0/s1. The molecule has 4 amide bonds. The highest BCUT2D eigenvalue weighted by molar-refractivity contribution is 9.10. The molecule has 2 saturated heterocycles. The molecule has 12 nitrogen and oxygen atoms in total. The zero-order chi connectivity index (χ0) is 41.6. The molecule has 4 aromatic rings. The Labute approximate surface area is 346 Å². The van der Waals surface area contributed by atoms with Gasteiger partial charge < -0.3 is 19.9 Å². The summed E-state index contributed by atoms with van der Waals surface area (Å²) in [4.78, 5) is 63.8. The lowest BCUT2D eigenvalue weighted by Crippen LogP contribution is -2.53. The third-order valence-electron chi connectivity index (χ3n) is 11.6. The highest BCUT2D eigenvalue weighted by Crippen LogP contribution is 2.65. The molecular weight excluding hydrogens is 871 g/mol. The smallest absolute Gasteiger partial charge is 0.488 e. The minimum atomic E-state index is -4.78. The maximum atomic E-state index is 15.4. The average Bonchev–Trinajstić information content (AvgIpc) is 3.57. The average molecular weight is 900 g/mol. The third kappa shape index (κ3) is 6.08. The summed E-state index contributed by atoms with van der Waals surface area (Å²) in [6, 6.07) is 15.7. The first-order valence-electron chi connectivity index (χ1n) is 17.7. The highest BCUT2D eigenvalue weighted by atomic mass is 79.9. The van der Waals surface area contributed by atoms with Crippen molar-refractivity contribution in [1.29, 1.82) is 0 Å². The number of benzene rings is 3. The Bertz CT molecular complexity index is 2460. The molecule has 58 heavy (non-hydrogen) atoms. The molecule has 0 bridgehead atoms. The molecule has 6 atom stereocenters. The molecule has 0 unspecified atom stereocenters. The number of halogens is 6. The number of phenols is 1. The van der Waals surface area contributed by atoms with Gasteiger partial charge in [0.1, 0.15) is 0 Å². The van der Waals surface area contributed by atoms with Gasteiger partial charge in [0.05, 0.1) is 51.0 Å². The van der Waals surface area contributed by atoms with Gasteiger partial charge in [-0.1, -0.05) is 59.1 Å². The second kappa shape index (κ2) is 14.4. The number of hydrogen-bond donors (Lipinski definition) is 4. The first kappa shape index (κ1) is 39.9. The number of carbonyl (C=O) groups is 4. The number of hydrogen-bond acceptors (Lipinski definition) is 10. The number of fused-ring (bicyclic) bond motifs is 4. The maximum absolute atomic E-state index is 15.4. The van der Waals surface area contributed by atoms with Crippen LogP contribution in [0.2, 0.25) is 10.0 Å². The second-order valence-electron chi connectivity index (χ2n) is 14.5. The third-order valence-corrected chi connectivity index (χ3v) is 12.7. The van der Waals surface area contributed by atoms with Gasteiger partial charge in [-0.2, -0.15) is 18.2 Å². The topological polar surface area (TPSA) is 170 Å². The van der Waals surface area contributed by atoms with Crippen molar-refractivity contribution in [2.24, 2.45) is 23.7 Å². The monoisotopic (exact) mass is 898 g/mol. The van der Waals surface area contributed by atoms with E-state index in [0.29, 0.717) is 39.0 Å². The van der Waals surface area contributed by atoms with E-state index in [0.717, 1.165) is 4.90 Å². The molecule has 3 heterocycles. The predicted molar refractivity (Wildman–Crippen MR) is 208 cm³/mol. The Morgan fingerprint density at radius 1 is 0.983 bits per heavy atom. The van der Waals surface area contributed by atoms with Gasteiger partial charge in [-0.3, -0.25) is 29.5 Å². The molecule has 19 heteroatoms. The van der Waals surface area contributed by atoms with E-state index in [2.05, 4.69) is 26.3 Å². The van der Waals surface area contributed by atoms with Crippen LogP contribution in [0, 0.1) is 23.7 Å². The number of imide groups is 2. The van der Waals surface area contributed by atoms with Crippen molar-refractivity contribution >= 4 is 86.8 Å². The Kier molecular flexibility index (Phi) is 9.91. The van der Waals surface area contributed by atoms with Gasteiger partial charge in [-0.15, -0.1) is 0 Å². The number of aromatic hydroxyl groups is 1. The number of hydrazine groups is 1. The summed E-state index contributed by atoms with van der Waals surface area (Å²) in [7, 11) is -0.545. The zero-order valence-corrected chi connectivity index (χ0v) is 33.0. The normalized spacial score (nSPS) is 25.3. The van der Waals surface area contributed by atoms with Crippen molar-refractivity contribution in [1.82, 2.24) is 9.99 Å². The van der Waals surface area contributed by atoms with Crippen LogP contribution in [0.15, 0.2) is 89.0 Å². The quantitative estimate of drug-likeness (QED) is 0.102. The van der Waals surface area contributed by atoms with E-state index in [9.17, 15) is 42.7 Å². The van der Waals surface area contributed by atoms with Crippen LogP contribution in [0.4, 0.5) is 24.7 Å². The van der Waals surface area contributed by atoms with Crippen molar-refractivity contribution in [3.8, 4) is 11.5 Å². The Hall–Kier alpha value is -4.94. The van der Waals surface area contributed by atoms with Gasteiger partial charge in [-0.25, -0.2) is 4.98 Å². The van der Waals surface area contributed by atoms with Crippen LogP contribution >= 0.6 is 39.1 Å². The Morgan fingerprint density at radius 2 is 1.71 bits per heavy atom. The molecule has 1 aromatic heterocycles. The first-order valence-corrected chi connectivity index (χ1v) is 19.3. The number of carbonyl (C=O) groups excluding carboxylic acids is 4. The number of pyridine rings is 1. The first-order chi connectivity index (χ1) is 27.5. The number of alkyl halides is 3. The summed E-state index contributed by atoms with van der Waals surface area (Å²) in [6.07, 6.45) is -2.56. The van der Waals surface area contributed by atoms with E-state index >= 15 is 4.79 Å². The lowest BCUT2D eigenvalue weighted by Gasteiger charge is -2.50. The largest absolute Gasteiger partial charge is 0.503 e. The van der Waals surface area contributed by atoms with Gasteiger partial charge >= 0.3 is 13.3 Å². The van der Waals surface area contributed by atoms with Gasteiger partial charge in [-0.05, 0) is 93.7 Å². The van der Waals surface area contributed by atoms with Crippen LogP contribution in [0.5, 0.6) is 11.5 Å². The van der Waals surface area contributed by atoms with Crippen LogP contribution in [0.25, 0.3) is 0 Å². The summed E-state index contributed by atoms with van der Waals surface area (Å²) in [5.74, 6) is -8.53. The number of aromatic nitrogens is 1. The molecule has 3 aromatic carbocycles. The number of ether oxygens (including phenoxy) is 1. The number of nitrogens with zero attached hydrogens (tertiary/aromatic N) is 3. The van der Waals surface area contributed by atoms with Crippen molar-refractivity contribution in [2.75, 3.05) is 17.4 Å². The van der Waals surface area contributed by atoms with E-state index in [1.807, 2.05) is 0 Å². The zero-order valence-electron chi connectivity index (χ0n) is 29.9. The summed E-state index contributed by atoms with van der Waals surface area (Å²) < 4.78 is 46.2. The van der Waals surface area contributed by atoms with Gasteiger partial charge in [0.15, 0.2) is 17.3 Å². The fraction of sp³-hybridized carbons (Fsp3) is 0.256. The van der Waals surface area contributed by atoms with Gasteiger partial charge in [0.25, 0.3) is 11.8 Å². The van der Waals surface area contributed by atoms with Crippen molar-refractivity contribution in [3.63, 3.8) is 0 Å². The van der Waals surface area contributed by atoms with Crippen LogP contribution < -0.4 is 20.5 Å². The van der Waals surface area contributed by atoms with Crippen LogP contribution in [0.3, 0.4) is 0 Å². The Morgan fingerprint density at radius 3 is 2.36 bits per heavy atom.